The van der Waals surface area contributed by atoms with Crippen molar-refractivity contribution in [2.75, 3.05) is 0 Å². The number of carbonyl (C=O) groups excluding carboxylic acids is 1. The summed E-state index contributed by atoms with van der Waals surface area (Å²) in [6.45, 7) is 0. The average molecular weight is 236 g/mol. The number of rotatable bonds is 5. The molecule has 0 spiro atoms. The largest absolute Gasteiger partial charge is 0.299 e. The van der Waals surface area contributed by atoms with Gasteiger partial charge in [-0.25, -0.2) is 0 Å². The summed E-state index contributed by atoms with van der Waals surface area (Å²) >= 11 is 0. The molecule has 90 valence electrons. The zero-order valence-corrected chi connectivity index (χ0v) is 10.4. The topological polar surface area (TPSA) is 17.1 Å². The van der Waals surface area contributed by atoms with Gasteiger partial charge in [-0.1, -0.05) is 42.5 Å². The van der Waals surface area contributed by atoms with Gasteiger partial charge < -0.3 is 0 Å². The van der Waals surface area contributed by atoms with Crippen molar-refractivity contribution in [3.8, 4) is 12.3 Å². The summed E-state index contributed by atoms with van der Waals surface area (Å²) < 4.78 is 0. The van der Waals surface area contributed by atoms with E-state index in [2.05, 4.69) is 30.2 Å². The number of Topliss-reactive ketones (excluding diaryl/α,β-unsaturated/α-hetero) is 1. The summed E-state index contributed by atoms with van der Waals surface area (Å²) in [5.74, 6) is 2.82. The first-order chi connectivity index (χ1) is 8.79. The van der Waals surface area contributed by atoms with Gasteiger partial charge in [-0.2, -0.15) is 0 Å². The molecule has 0 atom stereocenters. The second-order valence-corrected chi connectivity index (χ2v) is 4.45. The van der Waals surface area contributed by atoms with Crippen molar-refractivity contribution in [2.24, 2.45) is 0 Å². The van der Waals surface area contributed by atoms with Crippen molar-refractivity contribution in [1.82, 2.24) is 0 Å². The minimum Gasteiger partial charge on any atom is -0.299 e. The molecule has 2 aromatic carbocycles. The van der Waals surface area contributed by atoms with Crippen molar-refractivity contribution in [1.29, 1.82) is 0 Å². The van der Waals surface area contributed by atoms with Crippen LogP contribution in [0, 0.1) is 12.3 Å². The van der Waals surface area contributed by atoms with Crippen LogP contribution in [0.1, 0.15) is 24.8 Å². The zero-order chi connectivity index (χ0) is 12.8. The van der Waals surface area contributed by atoms with Gasteiger partial charge in [0.25, 0.3) is 0 Å². The predicted octanol–water partition coefficient (Wildman–Crippen LogP) is 3.75. The molecule has 1 nitrogen and oxygen atoms in total. The standard InChI is InChI=1S/C17H16O/c1-2-3-4-9-17(18)13-14-10-11-15-7-5-6-8-16(15)12-14/h1,5-8,10-12H,3-4,9,13H2. The van der Waals surface area contributed by atoms with Crippen LogP contribution in [0.4, 0.5) is 0 Å². The van der Waals surface area contributed by atoms with Crippen LogP contribution in [-0.4, -0.2) is 5.78 Å². The highest BCUT2D eigenvalue weighted by atomic mass is 16.1. The van der Waals surface area contributed by atoms with Gasteiger partial charge in [-0.3, -0.25) is 4.79 Å². The molecule has 0 aliphatic rings. The first-order valence-corrected chi connectivity index (χ1v) is 6.22. The van der Waals surface area contributed by atoms with Crippen molar-refractivity contribution < 1.29 is 4.79 Å². The Bertz CT molecular complexity index is 590. The average Bonchev–Trinajstić information content (AvgIpc) is 2.39. The zero-order valence-electron chi connectivity index (χ0n) is 10.4. The number of terminal acetylenes is 1. The molecule has 0 unspecified atom stereocenters. The normalized spacial score (nSPS) is 10.2. The van der Waals surface area contributed by atoms with E-state index in [-0.39, 0.29) is 5.78 Å². The maximum Gasteiger partial charge on any atom is 0.137 e. The summed E-state index contributed by atoms with van der Waals surface area (Å²) in [4.78, 5) is 11.8. The van der Waals surface area contributed by atoms with Crippen LogP contribution >= 0.6 is 0 Å². The lowest BCUT2D eigenvalue weighted by Gasteiger charge is -2.03. The number of hydrogen-bond donors (Lipinski definition) is 0. The molecule has 0 heterocycles. The van der Waals surface area contributed by atoms with Crippen molar-refractivity contribution in [2.45, 2.75) is 25.7 Å². The quantitative estimate of drug-likeness (QED) is 0.570. The lowest BCUT2D eigenvalue weighted by atomic mass is 10.0. The van der Waals surface area contributed by atoms with Gasteiger partial charge in [0.05, 0.1) is 0 Å². The van der Waals surface area contributed by atoms with Crippen LogP contribution in [0.2, 0.25) is 0 Å². The molecular formula is C17H16O. The van der Waals surface area contributed by atoms with Gasteiger partial charge in [0, 0.05) is 19.3 Å². The molecule has 0 saturated heterocycles. The third kappa shape index (κ3) is 3.21. The number of ketones is 1. The highest BCUT2D eigenvalue weighted by molar-refractivity contribution is 5.86. The van der Waals surface area contributed by atoms with E-state index in [0.717, 1.165) is 12.0 Å². The molecular weight excluding hydrogens is 220 g/mol. The minimum atomic E-state index is 0.264. The Kier molecular flexibility index (Phi) is 4.15. The fraction of sp³-hybridized carbons (Fsp3) is 0.235. The fourth-order valence-electron chi connectivity index (χ4n) is 2.05. The molecule has 0 amide bonds. The van der Waals surface area contributed by atoms with Crippen LogP contribution < -0.4 is 0 Å². The van der Waals surface area contributed by atoms with E-state index in [1.54, 1.807) is 0 Å². The Labute approximate surface area is 108 Å². The number of hydrogen-bond acceptors (Lipinski definition) is 1. The van der Waals surface area contributed by atoms with Crippen molar-refractivity contribution in [3.63, 3.8) is 0 Å². The molecule has 2 aromatic rings. The molecule has 2 rings (SSSR count). The van der Waals surface area contributed by atoms with E-state index in [4.69, 9.17) is 6.42 Å². The van der Waals surface area contributed by atoms with Crippen LogP contribution in [0.15, 0.2) is 42.5 Å². The fourth-order valence-corrected chi connectivity index (χ4v) is 2.05. The third-order valence-electron chi connectivity index (χ3n) is 2.99. The van der Waals surface area contributed by atoms with Crippen molar-refractivity contribution >= 4 is 16.6 Å². The van der Waals surface area contributed by atoms with E-state index >= 15 is 0 Å². The highest BCUT2D eigenvalue weighted by Crippen LogP contribution is 2.16. The Morgan fingerprint density at radius 1 is 1.11 bits per heavy atom. The summed E-state index contributed by atoms with van der Waals surface area (Å²) in [7, 11) is 0. The summed E-state index contributed by atoms with van der Waals surface area (Å²) in [6.07, 6.45) is 7.74. The van der Waals surface area contributed by atoms with E-state index in [0.29, 0.717) is 19.3 Å². The van der Waals surface area contributed by atoms with Gasteiger partial charge in [0.2, 0.25) is 0 Å². The minimum absolute atomic E-state index is 0.264. The summed E-state index contributed by atoms with van der Waals surface area (Å²) in [6, 6.07) is 14.4. The Morgan fingerprint density at radius 3 is 2.67 bits per heavy atom. The van der Waals surface area contributed by atoms with Crippen LogP contribution in [0.3, 0.4) is 0 Å². The highest BCUT2D eigenvalue weighted by Gasteiger charge is 2.04. The lowest BCUT2D eigenvalue weighted by Crippen LogP contribution is -2.02. The van der Waals surface area contributed by atoms with Crippen LogP contribution in [0.5, 0.6) is 0 Å². The Hall–Kier alpha value is -2.07. The number of benzene rings is 2. The maximum absolute atomic E-state index is 11.8. The van der Waals surface area contributed by atoms with Gasteiger partial charge in [-0.05, 0) is 22.8 Å². The number of fused-ring (bicyclic) bond motifs is 1. The molecule has 0 radical (unpaired) electrons. The van der Waals surface area contributed by atoms with Gasteiger partial charge in [-0.15, -0.1) is 12.3 Å². The van der Waals surface area contributed by atoms with E-state index in [1.165, 1.54) is 10.8 Å². The van der Waals surface area contributed by atoms with Crippen LogP contribution in [-0.2, 0) is 11.2 Å². The van der Waals surface area contributed by atoms with Crippen LogP contribution in [0.25, 0.3) is 10.8 Å². The molecule has 18 heavy (non-hydrogen) atoms. The molecule has 1 heteroatoms. The van der Waals surface area contributed by atoms with E-state index in [1.807, 2.05) is 18.2 Å². The monoisotopic (exact) mass is 236 g/mol. The molecule has 0 aromatic heterocycles. The van der Waals surface area contributed by atoms with Crippen molar-refractivity contribution in [3.05, 3.63) is 48.0 Å². The molecule has 0 aliphatic heterocycles. The molecule has 0 aliphatic carbocycles. The Balaban J connectivity index is 2.03. The van der Waals surface area contributed by atoms with Gasteiger partial charge in [0.1, 0.15) is 5.78 Å². The maximum atomic E-state index is 11.8. The Morgan fingerprint density at radius 2 is 1.89 bits per heavy atom. The summed E-state index contributed by atoms with van der Waals surface area (Å²) in [5.41, 5.74) is 1.08. The second kappa shape index (κ2) is 6.02. The predicted molar refractivity (Wildman–Crippen MR) is 75.3 cm³/mol. The van der Waals surface area contributed by atoms with E-state index < -0.39 is 0 Å². The molecule has 0 fully saturated rings. The first-order valence-electron chi connectivity index (χ1n) is 6.22. The van der Waals surface area contributed by atoms with E-state index in [9.17, 15) is 4.79 Å². The van der Waals surface area contributed by atoms with Gasteiger partial charge >= 0.3 is 0 Å². The van der Waals surface area contributed by atoms with Gasteiger partial charge in [0.15, 0.2) is 0 Å². The number of carbonyl (C=O) groups is 1. The molecule has 0 bridgehead atoms. The molecule has 0 saturated carbocycles. The smallest absolute Gasteiger partial charge is 0.137 e. The third-order valence-corrected chi connectivity index (χ3v) is 2.99. The first kappa shape index (κ1) is 12.4. The second-order valence-electron chi connectivity index (χ2n) is 4.45. The lowest BCUT2D eigenvalue weighted by molar-refractivity contribution is -0.118. The summed E-state index contributed by atoms with van der Waals surface area (Å²) in [5, 5.41) is 2.40. The SMILES string of the molecule is C#CCCCC(=O)Cc1ccc2ccccc2c1. The molecule has 0 N–H and O–H groups in total. The number of unbranched alkanes of at least 4 members (excludes halogenated alkanes) is 1.